The Hall–Kier alpha value is -1.76. The number of likely N-dealkylation sites (tertiary alicyclic amines) is 1. The summed E-state index contributed by atoms with van der Waals surface area (Å²) < 4.78 is 2.18. The second kappa shape index (κ2) is 11.0. The molecule has 1 unspecified atom stereocenters. The van der Waals surface area contributed by atoms with Crippen LogP contribution in [0.25, 0.3) is 0 Å². The number of amides is 3. The quantitative estimate of drug-likeness (QED) is 0.382. The summed E-state index contributed by atoms with van der Waals surface area (Å²) >= 11 is 0. The number of hydrogen-bond donors (Lipinski definition) is 0. The first-order chi connectivity index (χ1) is 14.5. The lowest BCUT2D eigenvalue weighted by atomic mass is 10.1. The number of carbonyl (C=O) groups excluding carboxylic acids is 2. The summed E-state index contributed by atoms with van der Waals surface area (Å²) in [6.07, 6.45) is 13.8. The lowest BCUT2D eigenvalue weighted by Crippen LogP contribution is -2.61. The van der Waals surface area contributed by atoms with E-state index in [1.807, 2.05) is 0 Å². The Bertz CT molecular complexity index is 681. The molecule has 3 heterocycles. The monoisotopic (exact) mass is 418 g/mol. The Morgan fingerprint density at radius 3 is 2.20 bits per heavy atom. The van der Waals surface area contributed by atoms with Crippen molar-refractivity contribution in [2.24, 2.45) is 4.99 Å². The van der Waals surface area contributed by atoms with Gasteiger partial charge in [0, 0.05) is 14.1 Å². The SMILES string of the molecule is CCCCCCCCCC[N+]1=C(CN2CCCCC2)N=C2C1C(=O)N(C)C(=O)N2C. The van der Waals surface area contributed by atoms with Gasteiger partial charge in [-0.05, 0) is 43.8 Å². The van der Waals surface area contributed by atoms with Gasteiger partial charge in [-0.15, -0.1) is 0 Å². The smallest absolute Gasteiger partial charge is 0.292 e. The molecule has 7 nitrogen and oxygen atoms in total. The van der Waals surface area contributed by atoms with Crippen molar-refractivity contribution in [2.45, 2.75) is 83.6 Å². The second-order valence-electron chi connectivity index (χ2n) is 9.03. The van der Waals surface area contributed by atoms with Crippen molar-refractivity contribution in [1.29, 1.82) is 0 Å². The molecule has 0 aromatic rings. The van der Waals surface area contributed by atoms with Gasteiger partial charge < -0.3 is 0 Å². The number of imide groups is 1. The van der Waals surface area contributed by atoms with Crippen LogP contribution in [-0.2, 0) is 4.79 Å². The van der Waals surface area contributed by atoms with Gasteiger partial charge in [0.2, 0.25) is 0 Å². The predicted octanol–water partition coefficient (Wildman–Crippen LogP) is 3.33. The largest absolute Gasteiger partial charge is 0.333 e. The molecule has 0 N–H and O–H groups in total. The lowest BCUT2D eigenvalue weighted by Gasteiger charge is -2.30. The molecule has 2 saturated heterocycles. The van der Waals surface area contributed by atoms with Crippen LogP contribution in [-0.4, -0.2) is 89.2 Å². The number of piperidine rings is 1. The Morgan fingerprint density at radius 1 is 0.900 bits per heavy atom. The first-order valence-electron chi connectivity index (χ1n) is 12.0. The second-order valence-corrected chi connectivity index (χ2v) is 9.03. The molecule has 3 amide bonds. The summed E-state index contributed by atoms with van der Waals surface area (Å²) in [5.74, 6) is 1.42. The Kier molecular flexibility index (Phi) is 8.42. The van der Waals surface area contributed by atoms with Crippen molar-refractivity contribution < 1.29 is 14.2 Å². The number of hydrogen-bond acceptors (Lipinski definition) is 4. The fourth-order valence-corrected chi connectivity index (χ4v) is 4.77. The van der Waals surface area contributed by atoms with Crippen LogP contribution >= 0.6 is 0 Å². The van der Waals surface area contributed by atoms with E-state index in [4.69, 9.17) is 4.99 Å². The van der Waals surface area contributed by atoms with Crippen LogP contribution in [0.2, 0.25) is 0 Å². The van der Waals surface area contributed by atoms with E-state index in [0.717, 1.165) is 38.4 Å². The molecule has 0 aliphatic carbocycles. The van der Waals surface area contributed by atoms with Crippen LogP contribution in [0.15, 0.2) is 4.99 Å². The highest BCUT2D eigenvalue weighted by atomic mass is 16.2. The third kappa shape index (κ3) is 5.29. The maximum Gasteiger partial charge on any atom is 0.333 e. The van der Waals surface area contributed by atoms with Crippen LogP contribution in [0.1, 0.15) is 77.6 Å². The van der Waals surface area contributed by atoms with Crippen molar-refractivity contribution in [3.63, 3.8) is 0 Å². The van der Waals surface area contributed by atoms with Gasteiger partial charge in [0.25, 0.3) is 17.8 Å². The van der Waals surface area contributed by atoms with Gasteiger partial charge in [0.1, 0.15) is 6.54 Å². The molecule has 3 aliphatic rings. The van der Waals surface area contributed by atoms with Gasteiger partial charge in [-0.1, -0.05) is 51.9 Å². The van der Waals surface area contributed by atoms with Crippen LogP contribution in [0, 0.1) is 0 Å². The fraction of sp³-hybridized carbons (Fsp3) is 0.826. The van der Waals surface area contributed by atoms with Gasteiger partial charge in [0.05, 0.1) is 6.54 Å². The van der Waals surface area contributed by atoms with Crippen LogP contribution in [0.3, 0.4) is 0 Å². The van der Waals surface area contributed by atoms with E-state index >= 15 is 0 Å². The molecule has 0 bridgehead atoms. The summed E-state index contributed by atoms with van der Waals surface area (Å²) in [6, 6.07) is -0.733. The Morgan fingerprint density at radius 2 is 1.53 bits per heavy atom. The predicted molar refractivity (Wildman–Crippen MR) is 120 cm³/mol. The molecule has 0 aromatic carbocycles. The number of rotatable bonds is 11. The molecule has 0 spiro atoms. The van der Waals surface area contributed by atoms with Crippen molar-refractivity contribution >= 4 is 23.6 Å². The molecule has 2 fully saturated rings. The van der Waals surface area contributed by atoms with Crippen LogP contribution in [0.4, 0.5) is 4.79 Å². The van der Waals surface area contributed by atoms with E-state index in [0.29, 0.717) is 5.84 Å². The number of nitrogens with zero attached hydrogens (tertiary/aromatic N) is 5. The molecule has 3 aliphatic heterocycles. The molecule has 0 radical (unpaired) electrons. The maximum atomic E-state index is 13.0. The number of urea groups is 1. The molecule has 1 atom stereocenters. The maximum absolute atomic E-state index is 13.0. The molecule has 0 saturated carbocycles. The Labute approximate surface area is 181 Å². The highest BCUT2D eigenvalue weighted by Gasteiger charge is 2.52. The lowest BCUT2D eigenvalue weighted by molar-refractivity contribution is -0.537. The summed E-state index contributed by atoms with van der Waals surface area (Å²) in [5, 5.41) is 0. The first-order valence-corrected chi connectivity index (χ1v) is 12.0. The zero-order valence-electron chi connectivity index (χ0n) is 19.2. The molecule has 30 heavy (non-hydrogen) atoms. The highest BCUT2D eigenvalue weighted by Crippen LogP contribution is 2.21. The first kappa shape index (κ1) is 22.9. The molecule has 0 aromatic heterocycles. The van der Waals surface area contributed by atoms with Crippen molar-refractivity contribution in [1.82, 2.24) is 14.7 Å². The molecule has 168 valence electrons. The average Bonchev–Trinajstić information content (AvgIpc) is 3.11. The minimum atomic E-state index is -0.443. The van der Waals surface area contributed by atoms with Gasteiger partial charge >= 0.3 is 11.9 Å². The number of unbranched alkanes of at least 4 members (excludes halogenated alkanes) is 7. The number of carbonyl (C=O) groups is 2. The van der Waals surface area contributed by atoms with Gasteiger partial charge in [-0.25, -0.2) is 9.37 Å². The third-order valence-electron chi connectivity index (χ3n) is 6.68. The van der Waals surface area contributed by atoms with Gasteiger partial charge in [-0.3, -0.25) is 19.5 Å². The number of likely N-dealkylation sites (N-methyl/N-ethyl adjacent to an activating group) is 2. The summed E-state index contributed by atoms with van der Waals surface area (Å²) in [4.78, 5) is 35.4. The summed E-state index contributed by atoms with van der Waals surface area (Å²) in [5.41, 5.74) is 0. The van der Waals surface area contributed by atoms with E-state index in [2.05, 4.69) is 16.4 Å². The molecular formula is C23H40N5O2+. The number of fused-ring (bicyclic) bond motifs is 1. The zero-order chi connectivity index (χ0) is 21.5. The average molecular weight is 419 g/mol. The van der Waals surface area contributed by atoms with Crippen molar-refractivity contribution in [3.05, 3.63) is 0 Å². The van der Waals surface area contributed by atoms with E-state index in [1.54, 1.807) is 19.0 Å². The minimum absolute atomic E-state index is 0.148. The van der Waals surface area contributed by atoms with Gasteiger partial charge in [-0.2, -0.15) is 0 Å². The fourth-order valence-electron chi connectivity index (χ4n) is 4.77. The van der Waals surface area contributed by atoms with Gasteiger partial charge in [0.15, 0.2) is 0 Å². The summed E-state index contributed by atoms with van der Waals surface area (Å²) in [7, 11) is 3.31. The summed E-state index contributed by atoms with van der Waals surface area (Å²) in [6.45, 7) is 6.03. The van der Waals surface area contributed by atoms with E-state index in [1.165, 1.54) is 69.1 Å². The standard InChI is InChI=1S/C23H40N5O2/c1-4-5-6-7-8-9-10-14-17-28-19(18-27-15-12-11-13-16-27)24-21-20(28)22(29)26(3)23(30)25(21)2/h20H,4-18H2,1-3H3/q+1. The zero-order valence-corrected chi connectivity index (χ0v) is 19.2. The molecular weight excluding hydrogens is 378 g/mol. The normalized spacial score (nSPS) is 22.8. The molecule has 7 heteroatoms. The van der Waals surface area contributed by atoms with E-state index in [9.17, 15) is 9.59 Å². The number of amidine groups is 2. The molecule has 3 rings (SSSR count). The minimum Gasteiger partial charge on any atom is -0.292 e. The van der Waals surface area contributed by atoms with E-state index < -0.39 is 6.04 Å². The third-order valence-corrected chi connectivity index (χ3v) is 6.68. The number of aliphatic imine (C=N–C) groups is 1. The van der Waals surface area contributed by atoms with Crippen molar-refractivity contribution in [3.8, 4) is 0 Å². The van der Waals surface area contributed by atoms with Crippen molar-refractivity contribution in [2.75, 3.05) is 40.3 Å². The van der Waals surface area contributed by atoms with Crippen LogP contribution < -0.4 is 0 Å². The van der Waals surface area contributed by atoms with Crippen LogP contribution in [0.5, 0.6) is 0 Å². The highest BCUT2D eigenvalue weighted by molar-refractivity contribution is 6.23. The van der Waals surface area contributed by atoms with E-state index in [-0.39, 0.29) is 11.9 Å². The Balaban J connectivity index is 1.64. The topological polar surface area (TPSA) is 59.2 Å².